The number of ether oxygens (including phenoxy) is 2. The molecule has 0 atom stereocenters. The minimum atomic E-state index is -0.358. The second-order valence-electron chi connectivity index (χ2n) is 7.78. The molecular weight excluding hydrogens is 372 g/mol. The van der Waals surface area contributed by atoms with E-state index in [1.807, 2.05) is 0 Å². The molecule has 0 radical (unpaired) electrons. The fourth-order valence-corrected chi connectivity index (χ4v) is 4.14. The Labute approximate surface area is 177 Å². The van der Waals surface area contributed by atoms with E-state index in [-0.39, 0.29) is 5.97 Å². The van der Waals surface area contributed by atoms with Crippen molar-refractivity contribution in [2.24, 2.45) is 0 Å². The molecule has 0 fully saturated rings. The predicted molar refractivity (Wildman–Crippen MR) is 124 cm³/mol. The van der Waals surface area contributed by atoms with Crippen LogP contribution < -0.4 is 0 Å². The van der Waals surface area contributed by atoms with Gasteiger partial charge in [-0.05, 0) is 70.0 Å². The van der Waals surface area contributed by atoms with Crippen LogP contribution in [0.1, 0.15) is 31.2 Å². The van der Waals surface area contributed by atoms with Crippen LogP contribution >= 0.6 is 0 Å². The molecule has 0 heterocycles. The number of carbonyl (C=O) groups is 1. The monoisotopic (exact) mass is 400 g/mol. The normalized spacial score (nSPS) is 11.5. The fourth-order valence-electron chi connectivity index (χ4n) is 4.14. The van der Waals surface area contributed by atoms with Crippen molar-refractivity contribution in [1.29, 1.82) is 0 Å². The van der Waals surface area contributed by atoms with E-state index in [1.54, 1.807) is 0 Å². The summed E-state index contributed by atoms with van der Waals surface area (Å²) in [5, 5.41) is 8.06. The SMILES string of the molecule is C=CC(=O)OCCCCOCCCCc1cc2ccc3cccc4ccc(c1)c2c34. The van der Waals surface area contributed by atoms with Gasteiger partial charge in [0.05, 0.1) is 6.61 Å². The summed E-state index contributed by atoms with van der Waals surface area (Å²) in [7, 11) is 0. The molecule has 0 bridgehead atoms. The summed E-state index contributed by atoms with van der Waals surface area (Å²) >= 11 is 0. The highest BCUT2D eigenvalue weighted by Crippen LogP contribution is 2.35. The third kappa shape index (κ3) is 4.63. The summed E-state index contributed by atoms with van der Waals surface area (Å²) in [4.78, 5) is 10.9. The Balaban J connectivity index is 1.25. The van der Waals surface area contributed by atoms with E-state index in [1.165, 1.54) is 44.0 Å². The third-order valence-electron chi connectivity index (χ3n) is 5.62. The van der Waals surface area contributed by atoms with Crippen LogP contribution in [0.2, 0.25) is 0 Å². The molecular formula is C27H28O3. The molecule has 4 aromatic carbocycles. The molecule has 3 nitrogen and oxygen atoms in total. The fraction of sp³-hybridized carbons (Fsp3) is 0.296. The molecule has 0 aromatic heterocycles. The molecule has 0 amide bonds. The summed E-state index contributed by atoms with van der Waals surface area (Å²) in [6, 6.07) is 20.2. The smallest absolute Gasteiger partial charge is 0.330 e. The van der Waals surface area contributed by atoms with E-state index < -0.39 is 0 Å². The van der Waals surface area contributed by atoms with Crippen LogP contribution in [0.4, 0.5) is 0 Å². The maximum absolute atomic E-state index is 10.9. The van der Waals surface area contributed by atoms with E-state index in [0.29, 0.717) is 13.2 Å². The minimum absolute atomic E-state index is 0.358. The van der Waals surface area contributed by atoms with Crippen LogP contribution in [0.15, 0.2) is 67.3 Å². The quantitative estimate of drug-likeness (QED) is 0.126. The standard InChI is InChI=1S/C27H28O3/c1-2-25(28)30-17-6-5-16-29-15-4-3-8-20-18-23-13-11-21-9-7-10-22-12-14-24(19-20)27(23)26(21)22/h2,7,9-14,18-19H,1,3-6,8,15-17H2. The summed E-state index contributed by atoms with van der Waals surface area (Å²) < 4.78 is 10.6. The molecule has 0 saturated carbocycles. The van der Waals surface area contributed by atoms with Gasteiger partial charge in [0, 0.05) is 19.3 Å². The number of benzene rings is 4. The highest BCUT2D eigenvalue weighted by atomic mass is 16.5. The number of hydrogen-bond acceptors (Lipinski definition) is 3. The number of carbonyl (C=O) groups excluding carboxylic acids is 1. The van der Waals surface area contributed by atoms with Gasteiger partial charge in [-0.1, -0.05) is 61.2 Å². The van der Waals surface area contributed by atoms with Crippen molar-refractivity contribution in [3.8, 4) is 0 Å². The molecule has 4 aromatic rings. The van der Waals surface area contributed by atoms with Gasteiger partial charge in [0.25, 0.3) is 0 Å². The number of esters is 1. The largest absolute Gasteiger partial charge is 0.463 e. The average Bonchev–Trinajstić information content (AvgIpc) is 2.78. The molecule has 0 spiro atoms. The van der Waals surface area contributed by atoms with Crippen LogP contribution in [-0.4, -0.2) is 25.8 Å². The van der Waals surface area contributed by atoms with Gasteiger partial charge in [-0.15, -0.1) is 0 Å². The molecule has 30 heavy (non-hydrogen) atoms. The molecule has 0 aliphatic heterocycles. The first-order valence-electron chi connectivity index (χ1n) is 10.8. The number of rotatable bonds is 11. The van der Waals surface area contributed by atoms with Crippen molar-refractivity contribution in [1.82, 2.24) is 0 Å². The zero-order valence-electron chi connectivity index (χ0n) is 17.4. The molecule has 3 heteroatoms. The van der Waals surface area contributed by atoms with Gasteiger partial charge in [0.1, 0.15) is 0 Å². The Morgan fingerprint density at radius 1 is 0.767 bits per heavy atom. The van der Waals surface area contributed by atoms with Crippen molar-refractivity contribution in [2.75, 3.05) is 19.8 Å². The Kier molecular flexibility index (Phi) is 6.60. The number of unbranched alkanes of at least 4 members (excludes halogenated alkanes) is 2. The second kappa shape index (κ2) is 9.73. The van der Waals surface area contributed by atoms with Gasteiger partial charge in [-0.3, -0.25) is 0 Å². The van der Waals surface area contributed by atoms with Crippen LogP contribution in [-0.2, 0) is 20.7 Å². The van der Waals surface area contributed by atoms with Crippen molar-refractivity contribution in [3.05, 3.63) is 72.8 Å². The van der Waals surface area contributed by atoms with Crippen molar-refractivity contribution in [3.63, 3.8) is 0 Å². The maximum atomic E-state index is 10.9. The first kappa shape index (κ1) is 20.4. The lowest BCUT2D eigenvalue weighted by atomic mass is 9.92. The third-order valence-corrected chi connectivity index (χ3v) is 5.62. The van der Waals surface area contributed by atoms with Crippen LogP contribution in [0.3, 0.4) is 0 Å². The van der Waals surface area contributed by atoms with Crippen LogP contribution in [0, 0.1) is 0 Å². The summed E-state index contributed by atoms with van der Waals surface area (Å²) in [6.45, 7) is 5.30. The van der Waals surface area contributed by atoms with Crippen molar-refractivity contribution >= 4 is 38.3 Å². The summed E-state index contributed by atoms with van der Waals surface area (Å²) in [5.41, 5.74) is 1.39. The van der Waals surface area contributed by atoms with Gasteiger partial charge in [-0.25, -0.2) is 4.79 Å². The molecule has 0 aliphatic rings. The topological polar surface area (TPSA) is 35.5 Å². The van der Waals surface area contributed by atoms with E-state index in [2.05, 4.69) is 61.2 Å². The Morgan fingerprint density at radius 2 is 1.33 bits per heavy atom. The van der Waals surface area contributed by atoms with Gasteiger partial charge >= 0.3 is 5.97 Å². The Morgan fingerprint density at radius 3 is 2.00 bits per heavy atom. The zero-order valence-corrected chi connectivity index (χ0v) is 17.4. The lowest BCUT2D eigenvalue weighted by molar-refractivity contribution is -0.137. The van der Waals surface area contributed by atoms with Crippen molar-refractivity contribution < 1.29 is 14.3 Å². The van der Waals surface area contributed by atoms with Gasteiger partial charge in [0.15, 0.2) is 0 Å². The number of aryl methyl sites for hydroxylation is 1. The van der Waals surface area contributed by atoms with Gasteiger partial charge in [-0.2, -0.15) is 0 Å². The molecule has 0 unspecified atom stereocenters. The first-order valence-corrected chi connectivity index (χ1v) is 10.8. The van der Waals surface area contributed by atoms with Crippen molar-refractivity contribution in [2.45, 2.75) is 32.1 Å². The molecule has 0 N–H and O–H groups in total. The van der Waals surface area contributed by atoms with Gasteiger partial charge < -0.3 is 9.47 Å². The average molecular weight is 401 g/mol. The minimum Gasteiger partial charge on any atom is -0.463 e. The summed E-state index contributed by atoms with van der Waals surface area (Å²) in [6.07, 6.45) is 6.15. The van der Waals surface area contributed by atoms with E-state index in [9.17, 15) is 4.79 Å². The predicted octanol–water partition coefficient (Wildman–Crippen LogP) is 6.43. The zero-order chi connectivity index (χ0) is 20.8. The molecule has 0 aliphatic carbocycles. The number of hydrogen-bond donors (Lipinski definition) is 0. The van der Waals surface area contributed by atoms with E-state index >= 15 is 0 Å². The van der Waals surface area contributed by atoms with Crippen LogP contribution in [0.25, 0.3) is 32.3 Å². The highest BCUT2D eigenvalue weighted by Gasteiger charge is 2.09. The van der Waals surface area contributed by atoms with E-state index in [0.717, 1.165) is 38.7 Å². The summed E-state index contributed by atoms with van der Waals surface area (Å²) in [5.74, 6) is -0.358. The second-order valence-corrected chi connectivity index (χ2v) is 7.78. The molecule has 0 saturated heterocycles. The Hall–Kier alpha value is -2.91. The Bertz CT molecular complexity index is 1080. The van der Waals surface area contributed by atoms with Crippen LogP contribution in [0.5, 0.6) is 0 Å². The lowest BCUT2D eigenvalue weighted by Crippen LogP contribution is -2.04. The molecule has 154 valence electrons. The van der Waals surface area contributed by atoms with Gasteiger partial charge in [0.2, 0.25) is 0 Å². The molecule has 4 rings (SSSR count). The maximum Gasteiger partial charge on any atom is 0.330 e. The van der Waals surface area contributed by atoms with E-state index in [4.69, 9.17) is 9.47 Å². The lowest BCUT2D eigenvalue weighted by Gasteiger charge is -2.12. The highest BCUT2D eigenvalue weighted by molar-refractivity contribution is 6.23. The first-order chi connectivity index (χ1) is 14.8.